The van der Waals surface area contributed by atoms with E-state index in [-0.39, 0.29) is 15.7 Å². The van der Waals surface area contributed by atoms with Crippen LogP contribution in [0.2, 0.25) is 10.0 Å². The van der Waals surface area contributed by atoms with Gasteiger partial charge in [0, 0.05) is 10.0 Å². The van der Waals surface area contributed by atoms with E-state index in [4.69, 9.17) is 23.2 Å². The smallest absolute Gasteiger partial charge is 0.249 e. The maximum atomic E-state index is 12.5. The highest BCUT2D eigenvalue weighted by atomic mass is 35.5. The second-order valence-corrected chi connectivity index (χ2v) is 9.69. The molecule has 0 saturated heterocycles. The van der Waals surface area contributed by atoms with Crippen molar-refractivity contribution in [2.45, 2.75) is 17.3 Å². The minimum atomic E-state index is -3.77. The number of halogens is 2. The normalized spacial score (nSPS) is 12.7. The van der Waals surface area contributed by atoms with Crippen molar-refractivity contribution in [2.75, 3.05) is 22.1 Å². The van der Waals surface area contributed by atoms with E-state index in [1.165, 1.54) is 48.2 Å². The number of thioether (sulfide) groups is 1. The number of amides is 1. The summed E-state index contributed by atoms with van der Waals surface area (Å²) in [5.41, 5.74) is 0.199. The third kappa shape index (κ3) is 5.20. The van der Waals surface area contributed by atoms with Crippen LogP contribution < -0.4 is 9.62 Å². The highest BCUT2D eigenvalue weighted by Crippen LogP contribution is 2.29. The number of nitrogens with zero attached hydrogens (tertiary/aromatic N) is 3. The molecule has 0 saturated carbocycles. The highest BCUT2D eigenvalue weighted by Gasteiger charge is 2.30. The molecule has 0 aliphatic heterocycles. The first kappa shape index (κ1) is 20.2. The number of benzene rings is 1. The summed E-state index contributed by atoms with van der Waals surface area (Å²) < 4.78 is 26.1. The minimum Gasteiger partial charge on any atom is -0.299 e. The van der Waals surface area contributed by atoms with Gasteiger partial charge in [0.1, 0.15) is 6.04 Å². The molecule has 2 rings (SSSR count). The van der Waals surface area contributed by atoms with Crippen LogP contribution in [0, 0.1) is 0 Å². The van der Waals surface area contributed by atoms with Crippen LogP contribution in [0.3, 0.4) is 0 Å². The summed E-state index contributed by atoms with van der Waals surface area (Å²) in [5.74, 6) is -0.551. The van der Waals surface area contributed by atoms with Crippen LogP contribution in [-0.2, 0) is 14.8 Å². The zero-order valence-corrected chi connectivity index (χ0v) is 17.3. The van der Waals surface area contributed by atoms with Gasteiger partial charge in [-0.3, -0.25) is 14.4 Å². The molecule has 1 atom stereocenters. The van der Waals surface area contributed by atoms with E-state index < -0.39 is 22.0 Å². The summed E-state index contributed by atoms with van der Waals surface area (Å²) in [5, 5.41) is 11.1. The number of hydrogen-bond acceptors (Lipinski definition) is 7. The van der Waals surface area contributed by atoms with E-state index >= 15 is 0 Å². The molecular formula is C13H14Cl2N4O3S3. The lowest BCUT2D eigenvalue weighted by molar-refractivity contribution is -0.116. The molecule has 1 N–H and O–H groups in total. The van der Waals surface area contributed by atoms with Gasteiger partial charge in [0.2, 0.25) is 21.1 Å². The number of aromatic nitrogens is 2. The first-order valence-corrected chi connectivity index (χ1v) is 11.4. The van der Waals surface area contributed by atoms with Crippen LogP contribution in [0.1, 0.15) is 6.92 Å². The standard InChI is InChI=1S/C13H14Cl2N4O3S3/c1-7(11(20)16-12-17-18-13(23-2)24-12)19(25(3,21)22)10-5-8(14)4-9(15)6-10/h4-7H,1-3H3,(H,16,17,20). The number of anilines is 2. The van der Waals surface area contributed by atoms with Crippen LogP contribution in [0.25, 0.3) is 0 Å². The number of sulfonamides is 1. The predicted molar refractivity (Wildman–Crippen MR) is 104 cm³/mol. The van der Waals surface area contributed by atoms with Gasteiger partial charge in [0.25, 0.3) is 0 Å². The van der Waals surface area contributed by atoms with Crippen LogP contribution in [0.15, 0.2) is 22.5 Å². The van der Waals surface area contributed by atoms with Gasteiger partial charge in [-0.1, -0.05) is 46.3 Å². The molecule has 2 aromatic rings. The molecule has 1 unspecified atom stereocenters. The predicted octanol–water partition coefficient (Wildman–Crippen LogP) is 3.36. The molecule has 1 aromatic heterocycles. The lowest BCUT2D eigenvalue weighted by Gasteiger charge is -2.28. The monoisotopic (exact) mass is 440 g/mol. The topological polar surface area (TPSA) is 92.3 Å². The first-order chi connectivity index (χ1) is 11.6. The third-order valence-electron chi connectivity index (χ3n) is 3.00. The number of carbonyl (C=O) groups excluding carboxylic acids is 1. The van der Waals surface area contributed by atoms with Crippen molar-refractivity contribution in [3.8, 4) is 0 Å². The van der Waals surface area contributed by atoms with Crippen LogP contribution >= 0.6 is 46.3 Å². The summed E-state index contributed by atoms with van der Waals surface area (Å²) >= 11 is 14.5. The largest absolute Gasteiger partial charge is 0.299 e. The number of rotatable bonds is 6. The van der Waals surface area contributed by atoms with Gasteiger partial charge < -0.3 is 0 Å². The van der Waals surface area contributed by atoms with Crippen LogP contribution in [-0.4, -0.2) is 43.1 Å². The number of carbonyl (C=O) groups is 1. The Morgan fingerprint density at radius 2 is 1.88 bits per heavy atom. The average molecular weight is 441 g/mol. The molecule has 1 aromatic carbocycles. The summed E-state index contributed by atoms with van der Waals surface area (Å²) in [6, 6.07) is 3.28. The Morgan fingerprint density at radius 3 is 2.36 bits per heavy atom. The van der Waals surface area contributed by atoms with Crippen molar-refractivity contribution in [1.29, 1.82) is 0 Å². The van der Waals surface area contributed by atoms with Gasteiger partial charge in [0.15, 0.2) is 4.34 Å². The molecule has 0 fully saturated rings. The Labute approximate surface area is 163 Å². The average Bonchev–Trinajstić information content (AvgIpc) is 2.92. The van der Waals surface area contributed by atoms with E-state index in [1.807, 2.05) is 6.26 Å². The molecule has 0 spiro atoms. The van der Waals surface area contributed by atoms with Gasteiger partial charge in [-0.05, 0) is 31.4 Å². The molecule has 0 bridgehead atoms. The van der Waals surface area contributed by atoms with Crippen LogP contribution in [0.5, 0.6) is 0 Å². The van der Waals surface area contributed by atoms with E-state index in [9.17, 15) is 13.2 Å². The van der Waals surface area contributed by atoms with Crippen molar-refractivity contribution in [1.82, 2.24) is 10.2 Å². The van der Waals surface area contributed by atoms with E-state index in [0.29, 0.717) is 9.47 Å². The SMILES string of the molecule is CSc1nnc(NC(=O)C(C)N(c2cc(Cl)cc(Cl)c2)S(C)(=O)=O)s1. The first-order valence-electron chi connectivity index (χ1n) is 6.75. The number of hydrogen-bond donors (Lipinski definition) is 1. The molecule has 136 valence electrons. The summed E-state index contributed by atoms with van der Waals surface area (Å²) in [7, 11) is -3.77. The fourth-order valence-corrected chi connectivity index (χ4v) is 4.87. The fraction of sp³-hybridized carbons (Fsp3) is 0.308. The zero-order valence-electron chi connectivity index (χ0n) is 13.4. The van der Waals surface area contributed by atoms with Crippen LogP contribution in [0.4, 0.5) is 10.8 Å². The molecular weight excluding hydrogens is 427 g/mol. The van der Waals surface area contributed by atoms with Crippen molar-refractivity contribution in [3.05, 3.63) is 28.2 Å². The maximum absolute atomic E-state index is 12.5. The molecule has 12 heteroatoms. The molecule has 1 heterocycles. The Morgan fingerprint density at radius 1 is 1.28 bits per heavy atom. The quantitative estimate of drug-likeness (QED) is 0.546. The molecule has 1 amide bonds. The molecule has 0 aliphatic rings. The Kier molecular flexibility index (Phi) is 6.55. The lowest BCUT2D eigenvalue weighted by Crippen LogP contribution is -2.45. The molecule has 0 radical (unpaired) electrons. The zero-order chi connectivity index (χ0) is 18.8. The summed E-state index contributed by atoms with van der Waals surface area (Å²) in [6.45, 7) is 1.46. The van der Waals surface area contributed by atoms with Crippen molar-refractivity contribution >= 4 is 73.0 Å². The maximum Gasteiger partial charge on any atom is 0.249 e. The Hall–Kier alpha value is -1.07. The lowest BCUT2D eigenvalue weighted by atomic mass is 10.2. The number of nitrogens with one attached hydrogen (secondary N) is 1. The third-order valence-corrected chi connectivity index (χ3v) is 6.49. The summed E-state index contributed by atoms with van der Waals surface area (Å²) in [4.78, 5) is 12.5. The van der Waals surface area contributed by atoms with E-state index in [1.54, 1.807) is 0 Å². The van der Waals surface area contributed by atoms with Crippen molar-refractivity contribution in [3.63, 3.8) is 0 Å². The van der Waals surface area contributed by atoms with Gasteiger partial charge in [-0.25, -0.2) is 8.42 Å². The Balaban J connectivity index is 2.32. The van der Waals surface area contributed by atoms with Gasteiger partial charge in [-0.2, -0.15) is 0 Å². The minimum absolute atomic E-state index is 0.199. The second kappa shape index (κ2) is 8.09. The van der Waals surface area contributed by atoms with E-state index in [0.717, 1.165) is 10.6 Å². The van der Waals surface area contributed by atoms with Gasteiger partial charge in [-0.15, -0.1) is 10.2 Å². The molecule has 25 heavy (non-hydrogen) atoms. The summed E-state index contributed by atoms with van der Waals surface area (Å²) in [6.07, 6.45) is 2.84. The molecule has 7 nitrogen and oxygen atoms in total. The van der Waals surface area contributed by atoms with E-state index in [2.05, 4.69) is 15.5 Å². The fourth-order valence-electron chi connectivity index (χ4n) is 2.03. The van der Waals surface area contributed by atoms with Crippen molar-refractivity contribution in [2.24, 2.45) is 0 Å². The Bertz CT molecular complexity index is 868. The second-order valence-electron chi connectivity index (χ2n) is 4.93. The van der Waals surface area contributed by atoms with Crippen molar-refractivity contribution < 1.29 is 13.2 Å². The van der Waals surface area contributed by atoms with Gasteiger partial charge >= 0.3 is 0 Å². The van der Waals surface area contributed by atoms with Gasteiger partial charge in [0.05, 0.1) is 11.9 Å². The molecule has 0 aliphatic carbocycles. The highest BCUT2D eigenvalue weighted by molar-refractivity contribution is 8.00.